The van der Waals surface area contributed by atoms with Gasteiger partial charge in [0.25, 0.3) is 0 Å². The second-order valence-electron chi connectivity index (χ2n) is 6.14. The van der Waals surface area contributed by atoms with Gasteiger partial charge in [0.15, 0.2) is 0 Å². The van der Waals surface area contributed by atoms with Crippen LogP contribution in [0.25, 0.3) is 11.0 Å². The van der Waals surface area contributed by atoms with Crippen molar-refractivity contribution in [3.63, 3.8) is 0 Å². The molecule has 1 saturated heterocycles. The van der Waals surface area contributed by atoms with Crippen molar-refractivity contribution in [2.45, 2.75) is 32.2 Å². The van der Waals surface area contributed by atoms with E-state index in [9.17, 15) is 0 Å². The number of halogens is 1. The van der Waals surface area contributed by atoms with E-state index in [2.05, 4.69) is 40.8 Å². The number of aryl methyl sites for hydroxylation is 2. The lowest BCUT2D eigenvalue weighted by atomic mass is 9.94. The predicted molar refractivity (Wildman–Crippen MR) is 89.0 cm³/mol. The molecule has 21 heavy (non-hydrogen) atoms. The molecular weight excluding hydrogens is 282 g/mol. The van der Waals surface area contributed by atoms with E-state index in [1.165, 1.54) is 37.9 Å². The summed E-state index contributed by atoms with van der Waals surface area (Å²) in [5, 5.41) is 0. The molecule has 114 valence electrons. The first-order valence-corrected chi connectivity index (χ1v) is 8.50. The van der Waals surface area contributed by atoms with Crippen molar-refractivity contribution in [2.24, 2.45) is 5.92 Å². The topological polar surface area (TPSA) is 21.1 Å². The van der Waals surface area contributed by atoms with Crippen molar-refractivity contribution in [1.82, 2.24) is 14.5 Å². The molecule has 0 radical (unpaired) electrons. The van der Waals surface area contributed by atoms with E-state index in [0.717, 1.165) is 30.2 Å². The number of alkyl halides is 1. The van der Waals surface area contributed by atoms with Crippen LogP contribution in [0.15, 0.2) is 24.3 Å². The number of hydrogen-bond donors (Lipinski definition) is 0. The van der Waals surface area contributed by atoms with Gasteiger partial charge in [-0.25, -0.2) is 4.98 Å². The van der Waals surface area contributed by atoms with Crippen LogP contribution < -0.4 is 0 Å². The van der Waals surface area contributed by atoms with Gasteiger partial charge >= 0.3 is 0 Å². The van der Waals surface area contributed by atoms with Gasteiger partial charge in [-0.15, -0.1) is 11.6 Å². The van der Waals surface area contributed by atoms with E-state index in [4.69, 9.17) is 16.6 Å². The molecule has 4 heteroatoms. The molecule has 0 N–H and O–H groups in total. The second kappa shape index (κ2) is 6.80. The Bertz CT molecular complexity index is 585. The number of para-hydroxylation sites is 2. The van der Waals surface area contributed by atoms with Crippen LogP contribution in [-0.2, 0) is 13.0 Å². The van der Waals surface area contributed by atoms with Crippen molar-refractivity contribution in [3.05, 3.63) is 30.1 Å². The van der Waals surface area contributed by atoms with Gasteiger partial charge in [-0.05, 0) is 57.5 Å². The third-order valence-corrected chi connectivity index (χ3v) is 4.84. The summed E-state index contributed by atoms with van der Waals surface area (Å²) in [4.78, 5) is 7.18. The molecule has 0 bridgehead atoms. The fourth-order valence-electron chi connectivity index (χ4n) is 3.31. The van der Waals surface area contributed by atoms with Gasteiger partial charge in [0.1, 0.15) is 5.82 Å². The molecule has 0 atom stereocenters. The van der Waals surface area contributed by atoms with Crippen LogP contribution in [0.1, 0.15) is 25.1 Å². The molecule has 0 spiro atoms. The van der Waals surface area contributed by atoms with Gasteiger partial charge in [-0.3, -0.25) is 0 Å². The first-order chi connectivity index (χ1) is 10.3. The summed E-state index contributed by atoms with van der Waals surface area (Å²) < 4.78 is 2.38. The monoisotopic (exact) mass is 305 g/mol. The van der Waals surface area contributed by atoms with Crippen LogP contribution in [0.4, 0.5) is 0 Å². The number of piperidine rings is 1. The Kier molecular flexibility index (Phi) is 4.81. The van der Waals surface area contributed by atoms with Gasteiger partial charge in [0.2, 0.25) is 0 Å². The van der Waals surface area contributed by atoms with Crippen LogP contribution in [0.3, 0.4) is 0 Å². The molecule has 1 fully saturated rings. The molecule has 0 aliphatic carbocycles. The number of nitrogens with zero attached hydrogens (tertiary/aromatic N) is 3. The molecule has 3 nitrogen and oxygen atoms in total. The third kappa shape index (κ3) is 3.41. The molecule has 1 aromatic carbocycles. The molecule has 0 saturated carbocycles. The van der Waals surface area contributed by atoms with E-state index in [1.54, 1.807) is 0 Å². The average molecular weight is 306 g/mol. The predicted octanol–water partition coefficient (Wildman–Crippen LogP) is 3.55. The van der Waals surface area contributed by atoms with Crippen molar-refractivity contribution < 1.29 is 0 Å². The van der Waals surface area contributed by atoms with E-state index in [1.807, 2.05) is 0 Å². The lowest BCUT2D eigenvalue weighted by molar-refractivity contribution is 0.208. The Hall–Kier alpha value is -1.06. The van der Waals surface area contributed by atoms with Crippen molar-refractivity contribution in [2.75, 3.05) is 26.0 Å². The summed E-state index contributed by atoms with van der Waals surface area (Å²) in [7, 11) is 2.22. The van der Waals surface area contributed by atoms with Crippen LogP contribution in [0.5, 0.6) is 0 Å². The Morgan fingerprint density at radius 3 is 2.76 bits per heavy atom. The summed E-state index contributed by atoms with van der Waals surface area (Å²) in [5.74, 6) is 2.63. The smallest absolute Gasteiger partial charge is 0.111 e. The van der Waals surface area contributed by atoms with E-state index < -0.39 is 0 Å². The average Bonchev–Trinajstić information content (AvgIpc) is 2.85. The largest absolute Gasteiger partial charge is 0.328 e. The lowest BCUT2D eigenvalue weighted by Gasteiger charge is -2.29. The highest BCUT2D eigenvalue weighted by molar-refractivity contribution is 6.17. The third-order valence-electron chi connectivity index (χ3n) is 4.65. The highest BCUT2D eigenvalue weighted by atomic mass is 35.5. The minimum Gasteiger partial charge on any atom is -0.328 e. The zero-order chi connectivity index (χ0) is 14.7. The minimum absolute atomic E-state index is 0.636. The zero-order valence-electron chi connectivity index (χ0n) is 12.8. The SMILES string of the molecule is CN1CCC(CCn2c(CCCl)nc3ccccc32)CC1. The number of likely N-dealkylation sites (tertiary alicyclic amines) is 1. The van der Waals surface area contributed by atoms with Gasteiger partial charge in [-0.2, -0.15) is 0 Å². The molecule has 1 aliphatic rings. The molecule has 0 unspecified atom stereocenters. The van der Waals surface area contributed by atoms with Crippen LogP contribution in [0, 0.1) is 5.92 Å². The first kappa shape index (κ1) is 14.9. The molecule has 3 rings (SSSR count). The summed E-state index contributed by atoms with van der Waals surface area (Å²) in [6.45, 7) is 3.55. The van der Waals surface area contributed by atoms with Crippen LogP contribution >= 0.6 is 11.6 Å². The van der Waals surface area contributed by atoms with Crippen molar-refractivity contribution in [3.8, 4) is 0 Å². The quantitative estimate of drug-likeness (QED) is 0.788. The Labute approximate surface area is 131 Å². The highest BCUT2D eigenvalue weighted by Crippen LogP contribution is 2.23. The van der Waals surface area contributed by atoms with Gasteiger partial charge < -0.3 is 9.47 Å². The number of imidazole rings is 1. The highest BCUT2D eigenvalue weighted by Gasteiger charge is 2.17. The lowest BCUT2D eigenvalue weighted by Crippen LogP contribution is -2.30. The summed E-state index contributed by atoms with van der Waals surface area (Å²) >= 11 is 5.94. The standard InChI is InChI=1S/C17H24ClN3/c1-20-11-7-14(8-12-20)9-13-21-16-5-3-2-4-15(16)19-17(21)6-10-18/h2-5,14H,6-13H2,1H3. The zero-order valence-corrected chi connectivity index (χ0v) is 13.5. The van der Waals surface area contributed by atoms with Crippen molar-refractivity contribution >= 4 is 22.6 Å². The van der Waals surface area contributed by atoms with Gasteiger partial charge in [0.05, 0.1) is 11.0 Å². The van der Waals surface area contributed by atoms with E-state index in [-0.39, 0.29) is 0 Å². The van der Waals surface area contributed by atoms with Gasteiger partial charge in [0, 0.05) is 18.8 Å². The Morgan fingerprint density at radius 2 is 2.00 bits per heavy atom. The fraction of sp³-hybridized carbons (Fsp3) is 0.588. The molecule has 0 amide bonds. The summed E-state index contributed by atoms with van der Waals surface area (Å²) in [6.07, 6.45) is 4.76. The molecule has 2 heterocycles. The van der Waals surface area contributed by atoms with Gasteiger partial charge in [-0.1, -0.05) is 12.1 Å². The maximum Gasteiger partial charge on any atom is 0.111 e. The minimum atomic E-state index is 0.636. The number of fused-ring (bicyclic) bond motifs is 1. The van der Waals surface area contributed by atoms with Crippen molar-refractivity contribution in [1.29, 1.82) is 0 Å². The maximum atomic E-state index is 5.94. The fourth-order valence-corrected chi connectivity index (χ4v) is 3.48. The molecule has 1 aromatic heterocycles. The second-order valence-corrected chi connectivity index (χ2v) is 6.52. The number of hydrogen-bond acceptors (Lipinski definition) is 2. The Morgan fingerprint density at radius 1 is 1.24 bits per heavy atom. The maximum absolute atomic E-state index is 5.94. The Balaban J connectivity index is 1.74. The molecule has 2 aromatic rings. The number of aromatic nitrogens is 2. The summed E-state index contributed by atoms with van der Waals surface area (Å²) in [5.41, 5.74) is 2.35. The molecule has 1 aliphatic heterocycles. The normalized spacial score (nSPS) is 17.6. The van der Waals surface area contributed by atoms with Crippen LogP contribution in [0.2, 0.25) is 0 Å². The molecular formula is C17H24ClN3. The summed E-state index contributed by atoms with van der Waals surface area (Å²) in [6, 6.07) is 8.43. The van der Waals surface area contributed by atoms with E-state index >= 15 is 0 Å². The first-order valence-electron chi connectivity index (χ1n) is 7.96. The number of benzene rings is 1. The number of rotatable bonds is 5. The van der Waals surface area contributed by atoms with E-state index in [0.29, 0.717) is 5.88 Å². The van der Waals surface area contributed by atoms with Crippen LogP contribution in [-0.4, -0.2) is 40.5 Å².